The maximum Gasteiger partial charge on any atom is 0.263 e. The van der Waals surface area contributed by atoms with Gasteiger partial charge in [0.25, 0.3) is 10.0 Å². The van der Waals surface area contributed by atoms with Gasteiger partial charge >= 0.3 is 0 Å². The molecule has 1 saturated heterocycles. The van der Waals surface area contributed by atoms with Crippen LogP contribution in [0.25, 0.3) is 0 Å². The van der Waals surface area contributed by atoms with Crippen molar-refractivity contribution in [2.45, 2.75) is 4.90 Å². The van der Waals surface area contributed by atoms with Crippen molar-refractivity contribution in [2.24, 2.45) is 0 Å². The Morgan fingerprint density at radius 2 is 1.71 bits per heavy atom. The summed E-state index contributed by atoms with van der Waals surface area (Å²) in [6.45, 7) is 2.62. The normalized spacial score (nSPS) is 14.9. The Kier molecular flexibility index (Phi) is 4.69. The molecule has 0 unspecified atom stereocenters. The standard InChI is InChI=1S/C17H17N3O3S/c18-13-14-5-1-4-8-17(14)24(21,22)19-15-6-2-3-7-16(15)20-9-11-23-12-10-20/h1-8,19H,9-12H2. The van der Waals surface area contributed by atoms with Crippen molar-refractivity contribution >= 4 is 21.4 Å². The zero-order chi connectivity index (χ0) is 17.0. The molecule has 1 heterocycles. The highest BCUT2D eigenvalue weighted by Crippen LogP contribution is 2.29. The number of morpholine rings is 1. The molecule has 0 saturated carbocycles. The van der Waals surface area contributed by atoms with E-state index in [2.05, 4.69) is 9.62 Å². The molecule has 6 nitrogen and oxygen atoms in total. The molecular weight excluding hydrogens is 326 g/mol. The van der Waals surface area contributed by atoms with Gasteiger partial charge in [-0.05, 0) is 24.3 Å². The van der Waals surface area contributed by atoms with Crippen molar-refractivity contribution in [3.8, 4) is 6.07 Å². The maximum absolute atomic E-state index is 12.7. The van der Waals surface area contributed by atoms with E-state index < -0.39 is 10.0 Å². The molecule has 3 rings (SSSR count). The Morgan fingerprint density at radius 3 is 2.46 bits per heavy atom. The molecule has 0 aliphatic carbocycles. The van der Waals surface area contributed by atoms with E-state index in [4.69, 9.17) is 10.00 Å². The van der Waals surface area contributed by atoms with Crippen LogP contribution < -0.4 is 9.62 Å². The Labute approximate surface area is 141 Å². The predicted octanol–water partition coefficient (Wildman–Crippen LogP) is 2.20. The van der Waals surface area contributed by atoms with Crippen LogP contribution in [0.3, 0.4) is 0 Å². The third-order valence-electron chi connectivity index (χ3n) is 3.80. The van der Waals surface area contributed by atoms with Gasteiger partial charge in [0.15, 0.2) is 0 Å². The number of benzene rings is 2. The van der Waals surface area contributed by atoms with E-state index in [-0.39, 0.29) is 10.5 Å². The topological polar surface area (TPSA) is 82.4 Å². The quantitative estimate of drug-likeness (QED) is 0.920. The first-order valence-corrected chi connectivity index (χ1v) is 9.04. The number of anilines is 2. The first kappa shape index (κ1) is 16.3. The van der Waals surface area contributed by atoms with Gasteiger partial charge in [-0.3, -0.25) is 4.72 Å². The molecule has 0 amide bonds. The lowest BCUT2D eigenvalue weighted by atomic mass is 10.2. The van der Waals surface area contributed by atoms with E-state index in [1.165, 1.54) is 12.1 Å². The monoisotopic (exact) mass is 343 g/mol. The van der Waals surface area contributed by atoms with Crippen LogP contribution in [0.1, 0.15) is 5.56 Å². The summed E-state index contributed by atoms with van der Waals surface area (Å²) in [7, 11) is -3.85. The molecule has 1 N–H and O–H groups in total. The van der Waals surface area contributed by atoms with Crippen LogP contribution in [0.5, 0.6) is 0 Å². The lowest BCUT2D eigenvalue weighted by Gasteiger charge is -2.30. The molecule has 1 aliphatic heterocycles. The number of rotatable bonds is 4. The van der Waals surface area contributed by atoms with Gasteiger partial charge in [-0.1, -0.05) is 24.3 Å². The Bertz CT molecular complexity index is 869. The summed E-state index contributed by atoms with van der Waals surface area (Å²) in [5.74, 6) is 0. The number of ether oxygens (including phenoxy) is 1. The van der Waals surface area contributed by atoms with E-state index >= 15 is 0 Å². The highest BCUT2D eigenvalue weighted by atomic mass is 32.2. The van der Waals surface area contributed by atoms with Crippen LogP contribution in [0.2, 0.25) is 0 Å². The van der Waals surface area contributed by atoms with Crippen LogP contribution in [-0.2, 0) is 14.8 Å². The fraction of sp³-hybridized carbons (Fsp3) is 0.235. The number of sulfonamides is 1. The summed E-state index contributed by atoms with van der Waals surface area (Å²) in [5.41, 5.74) is 1.42. The van der Waals surface area contributed by atoms with Gasteiger partial charge in [-0.2, -0.15) is 5.26 Å². The molecule has 0 atom stereocenters. The van der Waals surface area contributed by atoms with Gasteiger partial charge in [0.1, 0.15) is 11.0 Å². The fourth-order valence-corrected chi connectivity index (χ4v) is 3.87. The second-order valence-corrected chi connectivity index (χ2v) is 6.98. The molecule has 24 heavy (non-hydrogen) atoms. The van der Waals surface area contributed by atoms with Crippen molar-refractivity contribution in [3.63, 3.8) is 0 Å². The molecule has 2 aromatic carbocycles. The summed E-state index contributed by atoms with van der Waals surface area (Å²) in [6, 6.07) is 15.3. The van der Waals surface area contributed by atoms with Crippen molar-refractivity contribution < 1.29 is 13.2 Å². The summed E-state index contributed by atoms with van der Waals surface area (Å²) >= 11 is 0. The van der Waals surface area contributed by atoms with Crippen molar-refractivity contribution in [3.05, 3.63) is 54.1 Å². The van der Waals surface area contributed by atoms with Gasteiger partial charge in [-0.25, -0.2) is 8.42 Å². The van der Waals surface area contributed by atoms with Crippen molar-refractivity contribution in [2.75, 3.05) is 35.9 Å². The molecule has 7 heteroatoms. The van der Waals surface area contributed by atoms with E-state index in [1.807, 2.05) is 18.2 Å². The molecule has 1 fully saturated rings. The molecule has 0 bridgehead atoms. The smallest absolute Gasteiger partial charge is 0.263 e. The average molecular weight is 343 g/mol. The summed E-state index contributed by atoms with van der Waals surface area (Å²) in [5, 5.41) is 9.14. The van der Waals surface area contributed by atoms with E-state index in [9.17, 15) is 8.42 Å². The fourth-order valence-electron chi connectivity index (χ4n) is 2.63. The molecule has 2 aromatic rings. The van der Waals surface area contributed by atoms with Crippen LogP contribution in [0, 0.1) is 11.3 Å². The maximum atomic E-state index is 12.7. The molecule has 0 radical (unpaired) electrons. The second kappa shape index (κ2) is 6.91. The zero-order valence-electron chi connectivity index (χ0n) is 13.0. The first-order chi connectivity index (χ1) is 11.6. The van der Waals surface area contributed by atoms with Crippen LogP contribution in [0.4, 0.5) is 11.4 Å². The number of nitrogens with one attached hydrogen (secondary N) is 1. The van der Waals surface area contributed by atoms with Crippen LogP contribution in [-0.4, -0.2) is 34.7 Å². The Balaban J connectivity index is 1.95. The number of para-hydroxylation sites is 2. The highest BCUT2D eigenvalue weighted by Gasteiger charge is 2.21. The zero-order valence-corrected chi connectivity index (χ0v) is 13.8. The molecule has 0 spiro atoms. The average Bonchev–Trinajstić information content (AvgIpc) is 2.62. The third kappa shape index (κ3) is 3.35. The third-order valence-corrected chi connectivity index (χ3v) is 5.22. The van der Waals surface area contributed by atoms with Gasteiger partial charge in [0.2, 0.25) is 0 Å². The number of hydrogen-bond donors (Lipinski definition) is 1. The minimum absolute atomic E-state index is 0.0238. The number of nitrogens with zero attached hydrogens (tertiary/aromatic N) is 2. The predicted molar refractivity (Wildman–Crippen MR) is 91.4 cm³/mol. The minimum atomic E-state index is -3.85. The second-order valence-electron chi connectivity index (χ2n) is 5.33. The highest BCUT2D eigenvalue weighted by molar-refractivity contribution is 7.92. The lowest BCUT2D eigenvalue weighted by Crippen LogP contribution is -2.36. The van der Waals surface area contributed by atoms with Crippen LogP contribution >= 0.6 is 0 Å². The van der Waals surface area contributed by atoms with Gasteiger partial charge in [0.05, 0.1) is 30.2 Å². The van der Waals surface area contributed by atoms with E-state index in [0.29, 0.717) is 32.0 Å². The SMILES string of the molecule is N#Cc1ccccc1S(=O)(=O)Nc1ccccc1N1CCOCC1. The molecule has 1 aliphatic rings. The van der Waals surface area contributed by atoms with Crippen molar-refractivity contribution in [1.82, 2.24) is 0 Å². The molecular formula is C17H17N3O3S. The molecule has 124 valence electrons. The van der Waals surface area contributed by atoms with E-state index in [0.717, 1.165) is 5.69 Å². The number of hydrogen-bond acceptors (Lipinski definition) is 5. The summed E-state index contributed by atoms with van der Waals surface area (Å²) < 4.78 is 33.4. The Hall–Kier alpha value is -2.56. The number of nitriles is 1. The largest absolute Gasteiger partial charge is 0.378 e. The minimum Gasteiger partial charge on any atom is -0.378 e. The van der Waals surface area contributed by atoms with Gasteiger partial charge < -0.3 is 9.64 Å². The van der Waals surface area contributed by atoms with Gasteiger partial charge in [-0.15, -0.1) is 0 Å². The van der Waals surface area contributed by atoms with E-state index in [1.54, 1.807) is 24.3 Å². The summed E-state index contributed by atoms with van der Waals surface area (Å²) in [4.78, 5) is 2.06. The molecule has 0 aromatic heterocycles. The van der Waals surface area contributed by atoms with Crippen LogP contribution in [0.15, 0.2) is 53.4 Å². The van der Waals surface area contributed by atoms with Gasteiger partial charge in [0, 0.05) is 13.1 Å². The Morgan fingerprint density at radius 1 is 1.04 bits per heavy atom. The summed E-state index contributed by atoms with van der Waals surface area (Å²) in [6.07, 6.45) is 0. The first-order valence-electron chi connectivity index (χ1n) is 7.55. The lowest BCUT2D eigenvalue weighted by molar-refractivity contribution is 0.123. The van der Waals surface area contributed by atoms with Crippen molar-refractivity contribution in [1.29, 1.82) is 5.26 Å².